The topological polar surface area (TPSA) is 8.17 Å². The Labute approximate surface area is 303 Å². The molecule has 9 rings (SSSR count). The number of fused-ring (bicyclic) bond motifs is 3. The van der Waals surface area contributed by atoms with Gasteiger partial charge in [0, 0.05) is 33.5 Å². The van der Waals surface area contributed by atoms with Crippen LogP contribution in [0.25, 0.3) is 60.9 Å². The molecular weight excluding hydrogens is 636 g/mol. The molecule has 52 heavy (non-hydrogen) atoms. The maximum atomic E-state index is 13.6. The lowest BCUT2D eigenvalue weighted by Crippen LogP contribution is -2.09. The van der Waals surface area contributed by atoms with E-state index in [0.29, 0.717) is 0 Å². The maximum absolute atomic E-state index is 13.6. The second kappa shape index (κ2) is 13.2. The first kappa shape index (κ1) is 31.3. The number of benzene rings is 8. The highest BCUT2D eigenvalue weighted by molar-refractivity contribution is 6.10. The van der Waals surface area contributed by atoms with E-state index in [2.05, 4.69) is 180 Å². The van der Waals surface area contributed by atoms with Gasteiger partial charge in [0.15, 0.2) is 0 Å². The highest BCUT2D eigenvalue weighted by atomic mass is 19.1. The van der Waals surface area contributed by atoms with E-state index in [9.17, 15) is 4.39 Å². The predicted octanol–water partition coefficient (Wildman–Crippen LogP) is 13.7. The summed E-state index contributed by atoms with van der Waals surface area (Å²) in [7, 11) is 0. The first-order valence-electron chi connectivity index (χ1n) is 17.6. The van der Waals surface area contributed by atoms with E-state index in [1.807, 2.05) is 18.2 Å². The van der Waals surface area contributed by atoms with E-state index >= 15 is 0 Å². The van der Waals surface area contributed by atoms with Gasteiger partial charge in [-0.1, -0.05) is 115 Å². The van der Waals surface area contributed by atoms with Crippen molar-refractivity contribution in [2.45, 2.75) is 6.92 Å². The zero-order valence-corrected chi connectivity index (χ0v) is 28.7. The van der Waals surface area contributed by atoms with Crippen LogP contribution in [0.15, 0.2) is 194 Å². The molecule has 0 atom stereocenters. The van der Waals surface area contributed by atoms with Crippen LogP contribution in [0.2, 0.25) is 0 Å². The minimum Gasteiger partial charge on any atom is -0.311 e. The van der Waals surface area contributed by atoms with Crippen LogP contribution in [0.4, 0.5) is 21.5 Å². The SMILES string of the molecule is Cc1ccc2c3cc(-c4ccc(N(c5ccc(-c6ccccc6)cc5)c5ccc(-c6ccc(F)cc6)cc5)cc4)ccc3n(-c3ccccc3)c2c1. The summed E-state index contributed by atoms with van der Waals surface area (Å²) in [4.78, 5) is 2.28. The van der Waals surface area contributed by atoms with Gasteiger partial charge in [-0.2, -0.15) is 0 Å². The van der Waals surface area contributed by atoms with Crippen molar-refractivity contribution < 1.29 is 4.39 Å². The molecule has 0 saturated heterocycles. The molecule has 0 fully saturated rings. The Morgan fingerprint density at radius 3 is 1.40 bits per heavy atom. The van der Waals surface area contributed by atoms with E-state index in [4.69, 9.17) is 0 Å². The van der Waals surface area contributed by atoms with Gasteiger partial charge in [0.1, 0.15) is 5.82 Å². The first-order chi connectivity index (χ1) is 25.6. The lowest BCUT2D eigenvalue weighted by molar-refractivity contribution is 0.628. The Morgan fingerprint density at radius 2 is 0.846 bits per heavy atom. The quantitative estimate of drug-likeness (QED) is 0.164. The minimum atomic E-state index is -0.233. The zero-order valence-electron chi connectivity index (χ0n) is 28.7. The lowest BCUT2D eigenvalue weighted by Gasteiger charge is -2.26. The van der Waals surface area contributed by atoms with Crippen molar-refractivity contribution >= 4 is 38.9 Å². The normalized spacial score (nSPS) is 11.3. The van der Waals surface area contributed by atoms with E-state index in [1.54, 1.807) is 0 Å². The Morgan fingerprint density at radius 1 is 0.385 bits per heavy atom. The first-order valence-corrected chi connectivity index (χ1v) is 17.6. The molecule has 248 valence electrons. The van der Waals surface area contributed by atoms with Crippen molar-refractivity contribution in [3.8, 4) is 39.1 Å². The fourth-order valence-corrected chi connectivity index (χ4v) is 7.29. The molecule has 1 aromatic heterocycles. The molecule has 0 N–H and O–H groups in total. The number of rotatable bonds is 7. The van der Waals surface area contributed by atoms with Crippen molar-refractivity contribution in [3.63, 3.8) is 0 Å². The largest absolute Gasteiger partial charge is 0.311 e. The molecule has 3 heteroatoms. The maximum Gasteiger partial charge on any atom is 0.123 e. The Balaban J connectivity index is 1.10. The molecular formula is C49H35FN2. The molecule has 9 aromatic rings. The van der Waals surface area contributed by atoms with Gasteiger partial charge in [-0.15, -0.1) is 0 Å². The summed E-state index contributed by atoms with van der Waals surface area (Å²) in [5.74, 6) is -0.233. The predicted molar refractivity (Wildman–Crippen MR) is 216 cm³/mol. The van der Waals surface area contributed by atoms with Crippen LogP contribution < -0.4 is 4.90 Å². The summed E-state index contributed by atoms with van der Waals surface area (Å²) in [6.07, 6.45) is 0. The van der Waals surface area contributed by atoms with Gasteiger partial charge >= 0.3 is 0 Å². The summed E-state index contributed by atoms with van der Waals surface area (Å²) < 4.78 is 16.0. The van der Waals surface area contributed by atoms with Crippen LogP contribution in [0.3, 0.4) is 0 Å². The fraction of sp³-hybridized carbons (Fsp3) is 0.0204. The van der Waals surface area contributed by atoms with Gasteiger partial charge in [-0.05, 0) is 125 Å². The van der Waals surface area contributed by atoms with Crippen molar-refractivity contribution in [3.05, 3.63) is 206 Å². The molecule has 8 aromatic carbocycles. The van der Waals surface area contributed by atoms with E-state index in [-0.39, 0.29) is 5.82 Å². The third-order valence-electron chi connectivity index (χ3n) is 9.93. The van der Waals surface area contributed by atoms with E-state index in [0.717, 1.165) is 39.4 Å². The van der Waals surface area contributed by atoms with Crippen LogP contribution in [-0.2, 0) is 0 Å². The lowest BCUT2D eigenvalue weighted by atomic mass is 10.0. The number of para-hydroxylation sites is 1. The molecule has 0 aliphatic rings. The van der Waals surface area contributed by atoms with Gasteiger partial charge in [0.05, 0.1) is 11.0 Å². The highest BCUT2D eigenvalue weighted by Crippen LogP contribution is 2.39. The highest BCUT2D eigenvalue weighted by Gasteiger charge is 2.16. The molecule has 1 heterocycles. The van der Waals surface area contributed by atoms with Crippen LogP contribution in [0.5, 0.6) is 0 Å². The third kappa shape index (κ3) is 5.82. The summed E-state index contributed by atoms with van der Waals surface area (Å²) in [5, 5.41) is 2.49. The number of hydrogen-bond acceptors (Lipinski definition) is 1. The summed E-state index contributed by atoms with van der Waals surface area (Å²) >= 11 is 0. The van der Waals surface area contributed by atoms with Gasteiger partial charge < -0.3 is 9.47 Å². The van der Waals surface area contributed by atoms with Gasteiger partial charge in [0.2, 0.25) is 0 Å². The van der Waals surface area contributed by atoms with Gasteiger partial charge in [-0.25, -0.2) is 4.39 Å². The van der Waals surface area contributed by atoms with Crippen molar-refractivity contribution in [2.24, 2.45) is 0 Å². The smallest absolute Gasteiger partial charge is 0.123 e. The average Bonchev–Trinajstić information content (AvgIpc) is 3.52. The van der Waals surface area contributed by atoms with Crippen molar-refractivity contribution in [1.29, 1.82) is 0 Å². The molecule has 0 amide bonds. The fourth-order valence-electron chi connectivity index (χ4n) is 7.29. The number of aromatic nitrogens is 1. The minimum absolute atomic E-state index is 0.233. The van der Waals surface area contributed by atoms with E-state index < -0.39 is 0 Å². The number of hydrogen-bond donors (Lipinski definition) is 0. The number of aryl methyl sites for hydroxylation is 1. The van der Waals surface area contributed by atoms with E-state index in [1.165, 1.54) is 56.2 Å². The van der Waals surface area contributed by atoms with Crippen molar-refractivity contribution in [1.82, 2.24) is 4.57 Å². The average molecular weight is 671 g/mol. The molecule has 2 nitrogen and oxygen atoms in total. The second-order valence-corrected chi connectivity index (χ2v) is 13.3. The van der Waals surface area contributed by atoms with Crippen LogP contribution in [-0.4, -0.2) is 4.57 Å². The molecule has 0 bridgehead atoms. The summed E-state index contributed by atoms with van der Waals surface area (Å²) in [6, 6.07) is 67.3. The van der Waals surface area contributed by atoms with Crippen LogP contribution in [0.1, 0.15) is 5.56 Å². The molecule has 0 aliphatic carbocycles. The number of halogens is 1. The molecule has 0 radical (unpaired) electrons. The summed E-state index contributed by atoms with van der Waals surface area (Å²) in [6.45, 7) is 2.15. The summed E-state index contributed by atoms with van der Waals surface area (Å²) in [5.41, 5.74) is 14.7. The monoisotopic (exact) mass is 670 g/mol. The van der Waals surface area contributed by atoms with Crippen LogP contribution in [0, 0.1) is 12.7 Å². The van der Waals surface area contributed by atoms with Crippen LogP contribution >= 0.6 is 0 Å². The zero-order chi connectivity index (χ0) is 35.0. The standard InChI is InChI=1S/C49H35FN2/c1-34-12-30-46-47-33-40(21-31-48(47)52(49(46)32-34)42-10-6-3-7-11-42)39-19-28-45(29-20-39)51(43-24-15-37(16-25-43)35-8-4-2-5-9-35)44-26-17-38(18-27-44)36-13-22-41(50)23-14-36/h2-33H,1H3. The number of nitrogens with zero attached hydrogens (tertiary/aromatic N) is 2. The van der Waals surface area contributed by atoms with Gasteiger partial charge in [-0.3, -0.25) is 0 Å². The molecule has 0 spiro atoms. The Bertz CT molecular complexity index is 2640. The Kier molecular flexibility index (Phi) is 7.94. The molecule has 0 aliphatic heterocycles. The molecule has 0 saturated carbocycles. The van der Waals surface area contributed by atoms with Crippen molar-refractivity contribution in [2.75, 3.05) is 4.90 Å². The second-order valence-electron chi connectivity index (χ2n) is 13.3. The Hall–Kier alpha value is -6.71. The molecule has 0 unspecified atom stereocenters. The van der Waals surface area contributed by atoms with Gasteiger partial charge in [0.25, 0.3) is 0 Å². The number of anilines is 3. The third-order valence-corrected chi connectivity index (χ3v) is 9.93.